The van der Waals surface area contributed by atoms with Crippen LogP contribution in [-0.2, 0) is 19.3 Å². The van der Waals surface area contributed by atoms with Gasteiger partial charge in [0.2, 0.25) is 0 Å². The zero-order valence-corrected chi connectivity index (χ0v) is 13.2. The molecule has 107 valence electrons. The zero-order valence-electron chi connectivity index (χ0n) is 13.2. The van der Waals surface area contributed by atoms with Crippen LogP contribution in [0.4, 0.5) is 0 Å². The Morgan fingerprint density at radius 3 is 2.26 bits per heavy atom. The Labute approximate surface area is 120 Å². The van der Waals surface area contributed by atoms with E-state index in [9.17, 15) is 0 Å². The van der Waals surface area contributed by atoms with Crippen LogP contribution in [0.5, 0.6) is 0 Å². The second kappa shape index (κ2) is 10.1. The lowest BCUT2D eigenvalue weighted by molar-refractivity contribution is 0.629. The van der Waals surface area contributed by atoms with Gasteiger partial charge in [-0.25, -0.2) is 0 Å². The molecular formula is C19H31. The van der Waals surface area contributed by atoms with Gasteiger partial charge in [0.25, 0.3) is 0 Å². The molecule has 0 nitrogen and oxygen atoms in total. The molecule has 1 aromatic rings. The predicted molar refractivity (Wildman–Crippen MR) is 85.7 cm³/mol. The molecule has 0 heterocycles. The second-order valence-electron chi connectivity index (χ2n) is 5.58. The molecule has 19 heavy (non-hydrogen) atoms. The summed E-state index contributed by atoms with van der Waals surface area (Å²) in [7, 11) is 0. The van der Waals surface area contributed by atoms with Crippen LogP contribution in [-0.4, -0.2) is 0 Å². The molecule has 1 radical (unpaired) electrons. The fraction of sp³-hybridized carbons (Fsp3) is 0.684. The summed E-state index contributed by atoms with van der Waals surface area (Å²) in [5, 5.41) is 0. The Kier molecular flexibility index (Phi) is 8.62. The number of hydrogen-bond acceptors (Lipinski definition) is 0. The standard InChI is InChI=1S/C19H31/c1-4-7-9-10-11-13-18-15-12-14-17(6-3)19(18)16-8-5-2/h12,14H,4-11,13,16H2,1-3H3. The van der Waals surface area contributed by atoms with Crippen molar-refractivity contribution >= 4 is 0 Å². The zero-order chi connectivity index (χ0) is 13.9. The van der Waals surface area contributed by atoms with Gasteiger partial charge in [-0.15, -0.1) is 0 Å². The first kappa shape index (κ1) is 16.3. The molecule has 1 aromatic carbocycles. The average molecular weight is 259 g/mol. The maximum absolute atomic E-state index is 3.51. The van der Waals surface area contributed by atoms with Crippen molar-refractivity contribution in [3.63, 3.8) is 0 Å². The quantitative estimate of drug-likeness (QED) is 0.459. The second-order valence-corrected chi connectivity index (χ2v) is 5.58. The molecule has 0 spiro atoms. The third-order valence-corrected chi connectivity index (χ3v) is 3.99. The summed E-state index contributed by atoms with van der Waals surface area (Å²) in [6, 6.07) is 7.92. The summed E-state index contributed by atoms with van der Waals surface area (Å²) in [5.74, 6) is 0. The minimum atomic E-state index is 1.16. The monoisotopic (exact) mass is 259 g/mol. The molecule has 0 amide bonds. The summed E-state index contributed by atoms with van der Waals surface area (Å²) in [4.78, 5) is 0. The smallest absolute Gasteiger partial charge is 0.0146 e. The van der Waals surface area contributed by atoms with E-state index < -0.39 is 0 Å². The molecule has 0 heteroatoms. The average Bonchev–Trinajstić information content (AvgIpc) is 2.45. The maximum Gasteiger partial charge on any atom is -0.0146 e. The first-order valence-corrected chi connectivity index (χ1v) is 8.34. The largest absolute Gasteiger partial charge is 0.0654 e. The minimum Gasteiger partial charge on any atom is -0.0654 e. The van der Waals surface area contributed by atoms with Crippen LogP contribution in [0.1, 0.15) is 82.4 Å². The van der Waals surface area contributed by atoms with Crippen LogP contribution in [0.25, 0.3) is 0 Å². The van der Waals surface area contributed by atoms with Gasteiger partial charge in [0, 0.05) is 0 Å². The first-order valence-electron chi connectivity index (χ1n) is 8.34. The van der Waals surface area contributed by atoms with E-state index in [4.69, 9.17) is 0 Å². The lowest BCUT2D eigenvalue weighted by Gasteiger charge is -2.13. The predicted octanol–water partition coefficient (Wildman–Crippen LogP) is 5.90. The van der Waals surface area contributed by atoms with E-state index in [1.54, 1.807) is 11.1 Å². The summed E-state index contributed by atoms with van der Waals surface area (Å²) in [6.45, 7) is 6.83. The summed E-state index contributed by atoms with van der Waals surface area (Å²) < 4.78 is 0. The van der Waals surface area contributed by atoms with Crippen molar-refractivity contribution in [3.05, 3.63) is 34.9 Å². The molecule has 0 aliphatic carbocycles. The molecule has 0 bridgehead atoms. The Balaban J connectivity index is 2.59. The van der Waals surface area contributed by atoms with Crippen molar-refractivity contribution in [2.45, 2.75) is 85.0 Å². The molecule has 0 saturated heterocycles. The highest BCUT2D eigenvalue weighted by atomic mass is 14.1. The number of hydrogen-bond donors (Lipinski definition) is 0. The molecule has 0 fully saturated rings. The van der Waals surface area contributed by atoms with Crippen LogP contribution in [0.2, 0.25) is 0 Å². The van der Waals surface area contributed by atoms with Gasteiger partial charge in [-0.1, -0.05) is 65.0 Å². The fourth-order valence-electron chi connectivity index (χ4n) is 2.75. The van der Waals surface area contributed by atoms with E-state index in [-0.39, 0.29) is 0 Å². The van der Waals surface area contributed by atoms with E-state index in [2.05, 4.69) is 39.0 Å². The van der Waals surface area contributed by atoms with Crippen molar-refractivity contribution in [1.82, 2.24) is 0 Å². The van der Waals surface area contributed by atoms with Crippen molar-refractivity contribution in [1.29, 1.82) is 0 Å². The van der Waals surface area contributed by atoms with Gasteiger partial charge < -0.3 is 0 Å². The summed E-state index contributed by atoms with van der Waals surface area (Å²) >= 11 is 0. The molecular weight excluding hydrogens is 228 g/mol. The summed E-state index contributed by atoms with van der Waals surface area (Å²) in [6.07, 6.45) is 13.1. The summed E-state index contributed by atoms with van der Waals surface area (Å²) in [5.41, 5.74) is 4.67. The Bertz CT molecular complexity index is 338. The van der Waals surface area contributed by atoms with E-state index in [0.29, 0.717) is 0 Å². The molecule has 0 aromatic heterocycles. The molecule has 0 unspecified atom stereocenters. The van der Waals surface area contributed by atoms with Gasteiger partial charge in [0.15, 0.2) is 0 Å². The number of aryl methyl sites for hydroxylation is 2. The van der Waals surface area contributed by atoms with Crippen LogP contribution in [0.15, 0.2) is 12.1 Å². The lowest BCUT2D eigenvalue weighted by Crippen LogP contribution is -2.00. The van der Waals surface area contributed by atoms with Gasteiger partial charge in [-0.05, 0) is 54.9 Å². The van der Waals surface area contributed by atoms with Crippen LogP contribution in [0.3, 0.4) is 0 Å². The topological polar surface area (TPSA) is 0 Å². The Morgan fingerprint density at radius 2 is 1.58 bits per heavy atom. The van der Waals surface area contributed by atoms with E-state index >= 15 is 0 Å². The molecule has 0 atom stereocenters. The van der Waals surface area contributed by atoms with E-state index in [1.165, 1.54) is 63.4 Å². The Morgan fingerprint density at radius 1 is 0.842 bits per heavy atom. The van der Waals surface area contributed by atoms with Crippen molar-refractivity contribution in [3.8, 4) is 0 Å². The fourth-order valence-corrected chi connectivity index (χ4v) is 2.75. The van der Waals surface area contributed by atoms with Crippen LogP contribution >= 0.6 is 0 Å². The van der Waals surface area contributed by atoms with Crippen molar-refractivity contribution < 1.29 is 0 Å². The Hall–Kier alpha value is -0.780. The van der Waals surface area contributed by atoms with Crippen LogP contribution < -0.4 is 0 Å². The lowest BCUT2D eigenvalue weighted by atomic mass is 9.92. The number of benzene rings is 1. The van der Waals surface area contributed by atoms with Gasteiger partial charge in [0.05, 0.1) is 0 Å². The number of rotatable bonds is 10. The van der Waals surface area contributed by atoms with Crippen molar-refractivity contribution in [2.75, 3.05) is 0 Å². The molecule has 1 rings (SSSR count). The van der Waals surface area contributed by atoms with Gasteiger partial charge in [-0.3, -0.25) is 0 Å². The molecule has 0 N–H and O–H groups in total. The van der Waals surface area contributed by atoms with Gasteiger partial charge in [0.1, 0.15) is 0 Å². The SMILES string of the molecule is CCCCCCCc1[c]ccc(CC)c1CCCC. The minimum absolute atomic E-state index is 1.16. The highest BCUT2D eigenvalue weighted by Crippen LogP contribution is 2.20. The van der Waals surface area contributed by atoms with E-state index in [1.807, 2.05) is 0 Å². The van der Waals surface area contributed by atoms with Crippen molar-refractivity contribution in [2.24, 2.45) is 0 Å². The highest BCUT2D eigenvalue weighted by Gasteiger charge is 2.07. The molecule has 0 saturated carbocycles. The van der Waals surface area contributed by atoms with E-state index in [0.717, 1.165) is 6.42 Å². The molecule has 0 aliphatic rings. The first-order chi connectivity index (χ1) is 9.33. The maximum atomic E-state index is 3.51. The normalized spacial score (nSPS) is 10.9. The third kappa shape index (κ3) is 5.80. The third-order valence-electron chi connectivity index (χ3n) is 3.99. The van der Waals surface area contributed by atoms with Gasteiger partial charge in [-0.2, -0.15) is 0 Å². The molecule has 0 aliphatic heterocycles. The number of unbranched alkanes of at least 4 members (excludes halogenated alkanes) is 5. The van der Waals surface area contributed by atoms with Gasteiger partial charge >= 0.3 is 0 Å². The highest BCUT2D eigenvalue weighted by molar-refractivity contribution is 5.35. The van der Waals surface area contributed by atoms with Crippen LogP contribution in [0, 0.1) is 6.07 Å².